The Hall–Kier alpha value is -1.81. The zero-order valence-corrected chi connectivity index (χ0v) is 14.7. The van der Waals surface area contributed by atoms with Crippen molar-refractivity contribution in [3.8, 4) is 0 Å². The fraction of sp³-hybridized carbons (Fsp3) is 0.214. The average molecular weight is 388 g/mol. The highest BCUT2D eigenvalue weighted by Gasteiger charge is 2.22. The van der Waals surface area contributed by atoms with Gasteiger partial charge in [-0.15, -0.1) is 0 Å². The van der Waals surface area contributed by atoms with Crippen LogP contribution in [-0.2, 0) is 5.75 Å². The van der Waals surface area contributed by atoms with Gasteiger partial charge < -0.3 is 15.5 Å². The number of aromatic nitrogens is 1. The molecule has 7 nitrogen and oxygen atoms in total. The van der Waals surface area contributed by atoms with Crippen molar-refractivity contribution < 1.29 is 19.8 Å². The molecule has 1 aromatic carbocycles. The molecule has 4 N–H and O–H groups in total. The van der Waals surface area contributed by atoms with E-state index >= 15 is 0 Å². The number of nitrogens with one attached hydrogen (secondary N) is 2. The van der Waals surface area contributed by atoms with Crippen LogP contribution in [0.1, 0.15) is 15.9 Å². The van der Waals surface area contributed by atoms with Crippen LogP contribution in [-0.4, -0.2) is 39.7 Å². The molecule has 1 aromatic heterocycles. The van der Waals surface area contributed by atoms with E-state index in [1.807, 2.05) is 12.1 Å². The standard InChI is InChI=1S/C14H14ClN3O4S2/c15-9-3-1-8(2-4-9)7-23-12-10(13(20)21)11(24-18-12)17-14(22)16-5-6-19/h1-4,19H,5-7H2,(H,20,21)(H2,16,17,22). The molecule has 1 heterocycles. The van der Waals surface area contributed by atoms with E-state index in [0.29, 0.717) is 15.8 Å². The Morgan fingerprint density at radius 3 is 2.62 bits per heavy atom. The molecule has 0 aliphatic heterocycles. The van der Waals surface area contributed by atoms with E-state index < -0.39 is 12.0 Å². The van der Waals surface area contributed by atoms with E-state index in [2.05, 4.69) is 15.0 Å². The van der Waals surface area contributed by atoms with Crippen molar-refractivity contribution in [2.24, 2.45) is 0 Å². The fourth-order valence-corrected chi connectivity index (χ4v) is 3.72. The van der Waals surface area contributed by atoms with Crippen LogP contribution in [0.5, 0.6) is 0 Å². The quantitative estimate of drug-likeness (QED) is 0.543. The van der Waals surface area contributed by atoms with Gasteiger partial charge in [0.1, 0.15) is 15.6 Å². The van der Waals surface area contributed by atoms with E-state index in [9.17, 15) is 14.7 Å². The summed E-state index contributed by atoms with van der Waals surface area (Å²) in [6.45, 7) is -0.130. The molecular formula is C14H14ClN3O4S2. The molecule has 0 aliphatic rings. The normalized spacial score (nSPS) is 10.4. The van der Waals surface area contributed by atoms with Crippen molar-refractivity contribution in [2.45, 2.75) is 10.8 Å². The zero-order chi connectivity index (χ0) is 17.5. The minimum atomic E-state index is -1.17. The first kappa shape index (κ1) is 18.5. The number of carboxylic acid groups (broad SMARTS) is 1. The molecule has 2 rings (SSSR count). The van der Waals surface area contributed by atoms with Gasteiger partial charge in [0.05, 0.1) is 6.61 Å². The van der Waals surface area contributed by atoms with E-state index in [0.717, 1.165) is 17.1 Å². The highest BCUT2D eigenvalue weighted by molar-refractivity contribution is 7.98. The number of aromatic carboxylic acids is 1. The van der Waals surface area contributed by atoms with Crippen LogP contribution >= 0.6 is 34.9 Å². The lowest BCUT2D eigenvalue weighted by atomic mass is 10.2. The predicted octanol–water partition coefficient (Wildman–Crippen LogP) is 2.90. The number of hydrogen-bond donors (Lipinski definition) is 4. The molecule has 0 fully saturated rings. The maximum absolute atomic E-state index is 11.6. The van der Waals surface area contributed by atoms with Crippen molar-refractivity contribution >= 4 is 51.9 Å². The highest BCUT2D eigenvalue weighted by Crippen LogP contribution is 2.33. The summed E-state index contributed by atoms with van der Waals surface area (Å²) in [6, 6.07) is 6.63. The molecule has 0 atom stereocenters. The minimum Gasteiger partial charge on any atom is -0.477 e. The summed E-state index contributed by atoms with van der Waals surface area (Å²) < 4.78 is 4.11. The van der Waals surface area contributed by atoms with Crippen molar-refractivity contribution in [3.05, 3.63) is 40.4 Å². The second-order valence-electron chi connectivity index (χ2n) is 4.52. The number of amides is 2. The number of carbonyl (C=O) groups is 2. The molecule has 0 unspecified atom stereocenters. The van der Waals surface area contributed by atoms with Crippen LogP contribution in [0, 0.1) is 0 Å². The Balaban J connectivity index is 2.08. The number of benzene rings is 1. The summed E-state index contributed by atoms with van der Waals surface area (Å²) in [5.41, 5.74) is 0.932. The molecule has 0 bridgehead atoms. The van der Waals surface area contributed by atoms with Gasteiger partial charge in [0.2, 0.25) is 0 Å². The van der Waals surface area contributed by atoms with Gasteiger partial charge in [-0.05, 0) is 29.2 Å². The molecule has 128 valence electrons. The lowest BCUT2D eigenvalue weighted by Gasteiger charge is -2.05. The van der Waals surface area contributed by atoms with Crippen molar-refractivity contribution in [2.75, 3.05) is 18.5 Å². The highest BCUT2D eigenvalue weighted by atomic mass is 35.5. The number of aliphatic hydroxyl groups is 1. The number of thioether (sulfide) groups is 1. The number of hydrogen-bond acceptors (Lipinski definition) is 6. The van der Waals surface area contributed by atoms with E-state index in [1.54, 1.807) is 12.1 Å². The Bertz CT molecular complexity index is 721. The monoisotopic (exact) mass is 387 g/mol. The topological polar surface area (TPSA) is 112 Å². The Morgan fingerprint density at radius 1 is 1.29 bits per heavy atom. The third-order valence-corrected chi connectivity index (χ3v) is 4.96. The van der Waals surface area contributed by atoms with Gasteiger partial charge in [-0.3, -0.25) is 5.32 Å². The van der Waals surface area contributed by atoms with Gasteiger partial charge in [-0.25, -0.2) is 9.59 Å². The van der Waals surface area contributed by atoms with E-state index in [-0.39, 0.29) is 23.7 Å². The molecule has 10 heteroatoms. The van der Waals surface area contributed by atoms with Crippen LogP contribution < -0.4 is 10.6 Å². The lowest BCUT2D eigenvalue weighted by Crippen LogP contribution is -2.31. The predicted molar refractivity (Wildman–Crippen MR) is 94.2 cm³/mol. The molecule has 0 spiro atoms. The van der Waals surface area contributed by atoms with Crippen LogP contribution in [0.25, 0.3) is 0 Å². The van der Waals surface area contributed by atoms with Gasteiger partial charge in [-0.1, -0.05) is 35.5 Å². The molecule has 0 saturated heterocycles. The van der Waals surface area contributed by atoms with Gasteiger partial charge >= 0.3 is 12.0 Å². The number of carboxylic acids is 1. The van der Waals surface area contributed by atoms with Gasteiger partial charge in [0.25, 0.3) is 0 Å². The summed E-state index contributed by atoms with van der Waals surface area (Å²) in [7, 11) is 0. The summed E-state index contributed by atoms with van der Waals surface area (Å²) in [4.78, 5) is 23.1. The molecule has 0 saturated carbocycles. The number of rotatable bonds is 7. The summed E-state index contributed by atoms with van der Waals surface area (Å²) in [5, 5.41) is 24.0. The van der Waals surface area contributed by atoms with E-state index in [1.165, 1.54) is 11.8 Å². The molecule has 24 heavy (non-hydrogen) atoms. The first-order chi connectivity index (χ1) is 11.5. The van der Waals surface area contributed by atoms with Crippen LogP contribution in [0.15, 0.2) is 29.3 Å². The third kappa shape index (κ3) is 5.10. The average Bonchev–Trinajstić information content (AvgIpc) is 2.95. The van der Waals surface area contributed by atoms with Gasteiger partial charge in [0, 0.05) is 17.3 Å². The third-order valence-electron chi connectivity index (χ3n) is 2.79. The lowest BCUT2D eigenvalue weighted by molar-refractivity contribution is 0.0694. The Labute approximate surface area is 151 Å². The Kier molecular flexibility index (Phi) is 6.85. The summed E-state index contributed by atoms with van der Waals surface area (Å²) >= 11 is 7.99. The van der Waals surface area contributed by atoms with Crippen LogP contribution in [0.4, 0.5) is 9.80 Å². The molecule has 2 amide bonds. The number of nitrogens with zero attached hydrogens (tertiary/aromatic N) is 1. The smallest absolute Gasteiger partial charge is 0.341 e. The number of halogens is 1. The van der Waals surface area contributed by atoms with Crippen LogP contribution in [0.2, 0.25) is 5.02 Å². The minimum absolute atomic E-state index is 0.0434. The van der Waals surface area contributed by atoms with Crippen molar-refractivity contribution in [1.82, 2.24) is 9.69 Å². The molecule has 0 aliphatic carbocycles. The first-order valence-electron chi connectivity index (χ1n) is 6.77. The van der Waals surface area contributed by atoms with Gasteiger partial charge in [-0.2, -0.15) is 4.37 Å². The van der Waals surface area contributed by atoms with Crippen molar-refractivity contribution in [3.63, 3.8) is 0 Å². The number of urea groups is 1. The van der Waals surface area contributed by atoms with Gasteiger partial charge in [0.15, 0.2) is 0 Å². The number of anilines is 1. The van der Waals surface area contributed by atoms with E-state index in [4.69, 9.17) is 16.7 Å². The maximum atomic E-state index is 11.6. The zero-order valence-electron chi connectivity index (χ0n) is 12.3. The first-order valence-corrected chi connectivity index (χ1v) is 8.91. The fourth-order valence-electron chi connectivity index (χ4n) is 1.70. The largest absolute Gasteiger partial charge is 0.477 e. The summed E-state index contributed by atoms with van der Waals surface area (Å²) in [6.07, 6.45) is 0. The van der Waals surface area contributed by atoms with Crippen LogP contribution in [0.3, 0.4) is 0 Å². The molecule has 2 aromatic rings. The SMILES string of the molecule is O=C(NCCO)Nc1snc(SCc2ccc(Cl)cc2)c1C(=O)O. The molecular weight excluding hydrogens is 374 g/mol. The molecule has 0 radical (unpaired) electrons. The second kappa shape index (κ2) is 8.88. The number of aliphatic hydroxyl groups excluding tert-OH is 1. The van der Waals surface area contributed by atoms with Crippen molar-refractivity contribution in [1.29, 1.82) is 0 Å². The Morgan fingerprint density at radius 2 is 2.00 bits per heavy atom. The number of carbonyl (C=O) groups excluding carboxylic acids is 1. The maximum Gasteiger partial charge on any atom is 0.341 e. The summed E-state index contributed by atoms with van der Waals surface area (Å²) in [5.74, 6) is -0.642. The second-order valence-corrected chi connectivity index (χ2v) is 6.69.